The number of aryl methyl sites for hydroxylation is 1. The van der Waals surface area contributed by atoms with E-state index in [9.17, 15) is 10.1 Å². The van der Waals surface area contributed by atoms with E-state index in [-0.39, 0.29) is 5.69 Å². The van der Waals surface area contributed by atoms with Gasteiger partial charge in [-0.05, 0) is 31.0 Å². The summed E-state index contributed by atoms with van der Waals surface area (Å²) in [6.07, 6.45) is 1.27. The smallest absolute Gasteiger partial charge is 0.330 e. The van der Waals surface area contributed by atoms with Crippen molar-refractivity contribution < 1.29 is 4.92 Å². The second kappa shape index (κ2) is 5.67. The molecular weight excluding hydrogens is 282 g/mol. The maximum Gasteiger partial charge on any atom is 0.330 e. The van der Waals surface area contributed by atoms with Crippen LogP contribution >= 0.6 is 0 Å². The first-order chi connectivity index (χ1) is 10.6. The Morgan fingerprint density at radius 3 is 2.55 bits per heavy atom. The molecule has 0 aliphatic carbocycles. The van der Waals surface area contributed by atoms with Crippen molar-refractivity contribution in [2.75, 3.05) is 36.0 Å². The van der Waals surface area contributed by atoms with Gasteiger partial charge in [0.25, 0.3) is 0 Å². The Kier molecular flexibility index (Phi) is 3.70. The predicted molar refractivity (Wildman–Crippen MR) is 85.6 cm³/mol. The van der Waals surface area contributed by atoms with Gasteiger partial charge in [0.15, 0.2) is 0 Å². The average molecular weight is 301 g/mol. The van der Waals surface area contributed by atoms with Crippen molar-refractivity contribution in [3.8, 4) is 0 Å². The molecule has 1 saturated heterocycles. The minimum Gasteiger partial charge on any atom is -0.368 e. The molecule has 1 aliphatic heterocycles. The number of aromatic nitrogens is 2. The van der Waals surface area contributed by atoms with E-state index in [1.165, 1.54) is 23.0 Å². The quantitative estimate of drug-likeness (QED) is 0.695. The first-order valence-corrected chi connectivity index (χ1v) is 7.32. The van der Waals surface area contributed by atoms with Crippen molar-refractivity contribution in [3.05, 3.63) is 45.6 Å². The number of nitrogens with one attached hydrogen (secondary N) is 1. The fourth-order valence-corrected chi connectivity index (χ4v) is 2.89. The van der Waals surface area contributed by atoms with Gasteiger partial charge in [-0.1, -0.05) is 12.1 Å². The van der Waals surface area contributed by atoms with Gasteiger partial charge in [-0.2, -0.15) is 5.10 Å². The second-order valence-corrected chi connectivity index (χ2v) is 5.55. The molecule has 0 amide bonds. The van der Waals surface area contributed by atoms with E-state index in [2.05, 4.69) is 47.1 Å². The summed E-state index contributed by atoms with van der Waals surface area (Å²) in [7, 11) is 0. The summed E-state index contributed by atoms with van der Waals surface area (Å²) in [4.78, 5) is 14.9. The lowest BCUT2D eigenvalue weighted by atomic mass is 10.1. The standard InChI is InChI=1S/C15H19N5O2/c1-11-4-3-5-13(12(11)2)18-6-8-19(9-7-18)15-14(20(21)22)10-16-17-15/h3-5,10H,6-9H2,1-2H3,(H,16,17). The highest BCUT2D eigenvalue weighted by Gasteiger charge is 2.26. The Balaban J connectivity index is 1.74. The number of H-pyrrole nitrogens is 1. The van der Waals surface area contributed by atoms with Gasteiger partial charge in [-0.15, -0.1) is 0 Å². The van der Waals surface area contributed by atoms with Crippen molar-refractivity contribution in [2.24, 2.45) is 0 Å². The van der Waals surface area contributed by atoms with Crippen molar-refractivity contribution >= 4 is 17.2 Å². The largest absolute Gasteiger partial charge is 0.368 e. The molecule has 0 radical (unpaired) electrons. The number of nitro groups is 1. The predicted octanol–water partition coefficient (Wildman–Crippen LogP) is 2.26. The highest BCUT2D eigenvalue weighted by atomic mass is 16.6. The van der Waals surface area contributed by atoms with Crippen LogP contribution in [-0.4, -0.2) is 41.3 Å². The van der Waals surface area contributed by atoms with Crippen molar-refractivity contribution in [1.82, 2.24) is 10.2 Å². The van der Waals surface area contributed by atoms with Gasteiger partial charge in [0, 0.05) is 31.9 Å². The van der Waals surface area contributed by atoms with E-state index in [0.29, 0.717) is 5.82 Å². The van der Waals surface area contributed by atoms with Crippen LogP contribution in [0.1, 0.15) is 11.1 Å². The average Bonchev–Trinajstić information content (AvgIpc) is 3.00. The molecule has 0 saturated carbocycles. The third kappa shape index (κ3) is 2.49. The number of rotatable bonds is 3. The van der Waals surface area contributed by atoms with Gasteiger partial charge in [0.1, 0.15) is 6.20 Å². The lowest BCUT2D eigenvalue weighted by Crippen LogP contribution is -2.47. The highest BCUT2D eigenvalue weighted by Crippen LogP contribution is 2.28. The molecule has 22 heavy (non-hydrogen) atoms. The number of anilines is 2. The van der Waals surface area contributed by atoms with Gasteiger partial charge in [0.2, 0.25) is 5.82 Å². The van der Waals surface area contributed by atoms with Crippen LogP contribution in [0.5, 0.6) is 0 Å². The molecule has 7 nitrogen and oxygen atoms in total. The molecule has 0 spiro atoms. The lowest BCUT2D eigenvalue weighted by Gasteiger charge is -2.37. The van der Waals surface area contributed by atoms with Gasteiger partial charge >= 0.3 is 5.69 Å². The van der Waals surface area contributed by atoms with Crippen LogP contribution in [0.4, 0.5) is 17.2 Å². The van der Waals surface area contributed by atoms with Crippen LogP contribution in [-0.2, 0) is 0 Å². The number of benzene rings is 1. The Morgan fingerprint density at radius 1 is 1.18 bits per heavy atom. The lowest BCUT2D eigenvalue weighted by molar-refractivity contribution is -0.384. The molecule has 116 valence electrons. The molecule has 7 heteroatoms. The summed E-state index contributed by atoms with van der Waals surface area (Å²) in [6, 6.07) is 6.32. The van der Waals surface area contributed by atoms with Crippen LogP contribution < -0.4 is 9.80 Å². The van der Waals surface area contributed by atoms with Crippen LogP contribution in [0.3, 0.4) is 0 Å². The van der Waals surface area contributed by atoms with Crippen LogP contribution in [0.2, 0.25) is 0 Å². The minimum absolute atomic E-state index is 0.0418. The zero-order chi connectivity index (χ0) is 15.7. The van der Waals surface area contributed by atoms with E-state index < -0.39 is 4.92 Å². The third-order valence-electron chi connectivity index (χ3n) is 4.31. The van der Waals surface area contributed by atoms with Crippen molar-refractivity contribution in [3.63, 3.8) is 0 Å². The van der Waals surface area contributed by atoms with Gasteiger partial charge in [0.05, 0.1) is 4.92 Å². The van der Waals surface area contributed by atoms with E-state index >= 15 is 0 Å². The van der Waals surface area contributed by atoms with Crippen molar-refractivity contribution in [1.29, 1.82) is 0 Å². The summed E-state index contributed by atoms with van der Waals surface area (Å²) in [5, 5.41) is 17.5. The molecule has 1 N–H and O–H groups in total. The first kappa shape index (κ1) is 14.4. The molecule has 1 aromatic heterocycles. The second-order valence-electron chi connectivity index (χ2n) is 5.55. The molecule has 1 aromatic carbocycles. The molecule has 2 aromatic rings. The molecule has 2 heterocycles. The zero-order valence-electron chi connectivity index (χ0n) is 12.7. The minimum atomic E-state index is -0.393. The normalized spacial score (nSPS) is 15.2. The maximum absolute atomic E-state index is 11.0. The molecule has 1 aliphatic rings. The first-order valence-electron chi connectivity index (χ1n) is 7.32. The number of hydrogen-bond donors (Lipinski definition) is 1. The van der Waals surface area contributed by atoms with Gasteiger partial charge in [-0.3, -0.25) is 15.2 Å². The Hall–Kier alpha value is -2.57. The summed E-state index contributed by atoms with van der Waals surface area (Å²) in [6.45, 7) is 7.38. The SMILES string of the molecule is Cc1cccc(N2CCN(c3[nH]ncc3[N+](=O)[O-])CC2)c1C. The Bertz CT molecular complexity index is 689. The summed E-state index contributed by atoms with van der Waals surface area (Å²) >= 11 is 0. The Labute approximate surface area is 128 Å². The fourth-order valence-electron chi connectivity index (χ4n) is 2.89. The zero-order valence-corrected chi connectivity index (χ0v) is 12.7. The number of piperazine rings is 1. The van der Waals surface area contributed by atoms with Crippen LogP contribution in [0.15, 0.2) is 24.4 Å². The van der Waals surface area contributed by atoms with E-state index in [1.807, 2.05) is 4.90 Å². The van der Waals surface area contributed by atoms with Gasteiger partial charge < -0.3 is 9.80 Å². The molecule has 1 fully saturated rings. The number of nitrogens with zero attached hydrogens (tertiary/aromatic N) is 4. The number of aromatic amines is 1. The van der Waals surface area contributed by atoms with E-state index in [4.69, 9.17) is 0 Å². The fraction of sp³-hybridized carbons (Fsp3) is 0.400. The van der Waals surface area contributed by atoms with Crippen LogP contribution in [0.25, 0.3) is 0 Å². The monoisotopic (exact) mass is 301 g/mol. The van der Waals surface area contributed by atoms with Gasteiger partial charge in [-0.25, -0.2) is 0 Å². The van der Waals surface area contributed by atoms with E-state index in [0.717, 1.165) is 26.2 Å². The summed E-state index contributed by atoms with van der Waals surface area (Å²) in [5.41, 5.74) is 3.87. The van der Waals surface area contributed by atoms with Crippen molar-refractivity contribution in [2.45, 2.75) is 13.8 Å². The third-order valence-corrected chi connectivity index (χ3v) is 4.31. The summed E-state index contributed by atoms with van der Waals surface area (Å²) < 4.78 is 0. The summed E-state index contributed by atoms with van der Waals surface area (Å²) in [5.74, 6) is 0.505. The number of hydrogen-bond acceptors (Lipinski definition) is 5. The topological polar surface area (TPSA) is 78.3 Å². The maximum atomic E-state index is 11.0. The molecular formula is C15H19N5O2. The molecule has 0 bridgehead atoms. The molecule has 0 atom stereocenters. The molecule has 3 rings (SSSR count). The Morgan fingerprint density at radius 2 is 1.86 bits per heavy atom. The van der Waals surface area contributed by atoms with Crippen LogP contribution in [0, 0.1) is 24.0 Å². The van der Waals surface area contributed by atoms with E-state index in [1.54, 1.807) is 0 Å². The highest BCUT2D eigenvalue weighted by molar-refractivity contribution is 5.60. The molecule has 0 unspecified atom stereocenters.